The van der Waals surface area contributed by atoms with Crippen LogP contribution in [0.1, 0.15) is 44.6 Å². The Hall–Kier alpha value is -1.65. The lowest BCUT2D eigenvalue weighted by Gasteiger charge is -2.29. The summed E-state index contributed by atoms with van der Waals surface area (Å²) in [4.78, 5) is 14.5. The Morgan fingerprint density at radius 2 is 2.32 bits per heavy atom. The minimum Gasteiger partial charge on any atom is -0.367 e. The third-order valence-corrected chi connectivity index (χ3v) is 3.99. The summed E-state index contributed by atoms with van der Waals surface area (Å²) in [7, 11) is 0. The number of pyridine rings is 1. The molecule has 2 rings (SSSR count). The molecule has 0 radical (unpaired) electrons. The van der Waals surface area contributed by atoms with Crippen LogP contribution in [0.15, 0.2) is 12.3 Å². The van der Waals surface area contributed by atoms with E-state index < -0.39 is 0 Å². The van der Waals surface area contributed by atoms with E-state index >= 15 is 0 Å². The van der Waals surface area contributed by atoms with E-state index in [0.29, 0.717) is 11.6 Å². The lowest BCUT2D eigenvalue weighted by atomic mass is 9.84. The molecular formula is C14H21N3O2. The highest BCUT2D eigenvalue weighted by Crippen LogP contribution is 2.29. The fraction of sp³-hybridized carbons (Fsp3) is 0.643. The number of hydrogen-bond donors (Lipinski definition) is 1. The first kappa shape index (κ1) is 13.8. The van der Waals surface area contributed by atoms with Crippen molar-refractivity contribution in [3.05, 3.63) is 27.9 Å². The minimum atomic E-state index is -0.389. The third-order valence-electron chi connectivity index (χ3n) is 3.99. The molecule has 1 fully saturated rings. The van der Waals surface area contributed by atoms with Crippen molar-refractivity contribution < 1.29 is 4.92 Å². The van der Waals surface area contributed by atoms with Crippen LogP contribution in [0.3, 0.4) is 0 Å². The van der Waals surface area contributed by atoms with Crippen molar-refractivity contribution in [1.82, 2.24) is 4.98 Å². The average molecular weight is 263 g/mol. The standard InChI is InChI=1S/C14H21N3O2/c1-3-11-5-4-6-12(8-11)16-14-7-10(2)13(9-15-14)17(18)19/h7,9,11-12H,3-6,8H2,1-2H3,(H,15,16). The summed E-state index contributed by atoms with van der Waals surface area (Å²) in [6.07, 6.45) is 7.48. The number of rotatable bonds is 4. The van der Waals surface area contributed by atoms with Crippen LogP contribution >= 0.6 is 0 Å². The maximum atomic E-state index is 10.8. The predicted molar refractivity (Wildman–Crippen MR) is 75.3 cm³/mol. The van der Waals surface area contributed by atoms with Crippen LogP contribution in [-0.2, 0) is 0 Å². The van der Waals surface area contributed by atoms with Gasteiger partial charge in [-0.2, -0.15) is 0 Å². The zero-order valence-electron chi connectivity index (χ0n) is 11.6. The second kappa shape index (κ2) is 5.99. The van der Waals surface area contributed by atoms with Crippen molar-refractivity contribution in [2.24, 2.45) is 5.92 Å². The van der Waals surface area contributed by atoms with E-state index in [1.807, 2.05) is 0 Å². The molecule has 104 valence electrons. The van der Waals surface area contributed by atoms with Gasteiger partial charge in [-0.15, -0.1) is 0 Å². The Balaban J connectivity index is 2.03. The molecule has 5 nitrogen and oxygen atoms in total. The molecule has 1 aliphatic carbocycles. The molecule has 1 saturated carbocycles. The van der Waals surface area contributed by atoms with Crippen molar-refractivity contribution in [1.29, 1.82) is 0 Å². The molecule has 5 heteroatoms. The summed E-state index contributed by atoms with van der Waals surface area (Å²) >= 11 is 0. The van der Waals surface area contributed by atoms with Crippen LogP contribution in [0, 0.1) is 23.0 Å². The summed E-state index contributed by atoms with van der Waals surface area (Å²) < 4.78 is 0. The predicted octanol–water partition coefficient (Wildman–Crippen LogP) is 3.68. The average Bonchev–Trinajstić information content (AvgIpc) is 2.38. The molecule has 1 aromatic heterocycles. The number of hydrogen-bond acceptors (Lipinski definition) is 4. The van der Waals surface area contributed by atoms with Crippen molar-refractivity contribution >= 4 is 11.5 Å². The molecule has 0 spiro atoms. The lowest BCUT2D eigenvalue weighted by Crippen LogP contribution is -2.27. The van der Waals surface area contributed by atoms with Gasteiger partial charge in [0.1, 0.15) is 12.0 Å². The Morgan fingerprint density at radius 3 is 2.95 bits per heavy atom. The number of aromatic nitrogens is 1. The molecule has 1 aromatic rings. The number of nitrogens with one attached hydrogen (secondary N) is 1. The summed E-state index contributed by atoms with van der Waals surface area (Å²) in [5.74, 6) is 1.55. The van der Waals surface area contributed by atoms with E-state index in [4.69, 9.17) is 0 Å². The van der Waals surface area contributed by atoms with Gasteiger partial charge in [-0.3, -0.25) is 10.1 Å². The topological polar surface area (TPSA) is 68.1 Å². The van der Waals surface area contributed by atoms with Gasteiger partial charge >= 0.3 is 0 Å². The van der Waals surface area contributed by atoms with Crippen LogP contribution < -0.4 is 5.32 Å². The summed E-state index contributed by atoms with van der Waals surface area (Å²) in [5.41, 5.74) is 0.742. The van der Waals surface area contributed by atoms with Crippen LogP contribution in [0.4, 0.5) is 11.5 Å². The second-order valence-corrected chi connectivity index (χ2v) is 5.40. The van der Waals surface area contributed by atoms with E-state index in [2.05, 4.69) is 17.2 Å². The van der Waals surface area contributed by atoms with Gasteiger partial charge < -0.3 is 5.32 Å². The first-order valence-electron chi connectivity index (χ1n) is 6.97. The highest BCUT2D eigenvalue weighted by Gasteiger charge is 2.21. The molecule has 1 N–H and O–H groups in total. The molecule has 2 unspecified atom stereocenters. The van der Waals surface area contributed by atoms with E-state index in [0.717, 1.165) is 18.2 Å². The lowest BCUT2D eigenvalue weighted by molar-refractivity contribution is -0.385. The quantitative estimate of drug-likeness (QED) is 0.664. The largest absolute Gasteiger partial charge is 0.367 e. The van der Waals surface area contributed by atoms with Gasteiger partial charge in [-0.05, 0) is 31.7 Å². The second-order valence-electron chi connectivity index (χ2n) is 5.40. The summed E-state index contributed by atoms with van der Waals surface area (Å²) in [6, 6.07) is 2.22. The highest BCUT2D eigenvalue weighted by atomic mass is 16.6. The van der Waals surface area contributed by atoms with Gasteiger partial charge in [0.25, 0.3) is 5.69 Å². The van der Waals surface area contributed by atoms with Crippen molar-refractivity contribution in [3.63, 3.8) is 0 Å². The fourth-order valence-corrected chi connectivity index (χ4v) is 2.82. The van der Waals surface area contributed by atoms with Gasteiger partial charge in [0.15, 0.2) is 0 Å². The number of aryl methyl sites for hydroxylation is 1. The third kappa shape index (κ3) is 3.43. The van der Waals surface area contributed by atoms with Crippen LogP contribution in [-0.4, -0.2) is 15.9 Å². The molecule has 19 heavy (non-hydrogen) atoms. The molecule has 1 heterocycles. The van der Waals surface area contributed by atoms with Crippen molar-refractivity contribution in [2.75, 3.05) is 5.32 Å². The monoisotopic (exact) mass is 263 g/mol. The number of anilines is 1. The van der Waals surface area contributed by atoms with Crippen molar-refractivity contribution in [2.45, 2.75) is 52.0 Å². The zero-order chi connectivity index (χ0) is 13.8. The number of nitro groups is 1. The molecule has 0 aliphatic heterocycles. The van der Waals surface area contributed by atoms with Gasteiger partial charge in [-0.1, -0.05) is 26.2 Å². The van der Waals surface area contributed by atoms with Gasteiger partial charge in [0.05, 0.1) is 4.92 Å². The molecule has 0 amide bonds. The smallest absolute Gasteiger partial charge is 0.290 e. The molecular weight excluding hydrogens is 242 g/mol. The molecule has 0 bridgehead atoms. The van der Waals surface area contributed by atoms with Crippen LogP contribution in [0.2, 0.25) is 0 Å². The first-order chi connectivity index (χ1) is 9.10. The Kier molecular flexibility index (Phi) is 4.35. The van der Waals surface area contributed by atoms with Crippen molar-refractivity contribution in [3.8, 4) is 0 Å². The van der Waals surface area contributed by atoms with E-state index in [-0.39, 0.29) is 10.6 Å². The molecule has 0 aromatic carbocycles. The van der Waals surface area contributed by atoms with Gasteiger partial charge in [0.2, 0.25) is 0 Å². The van der Waals surface area contributed by atoms with Crippen LogP contribution in [0.25, 0.3) is 0 Å². The minimum absolute atomic E-state index is 0.0839. The zero-order valence-corrected chi connectivity index (χ0v) is 11.6. The van der Waals surface area contributed by atoms with Gasteiger partial charge in [0, 0.05) is 11.6 Å². The summed E-state index contributed by atoms with van der Waals surface area (Å²) in [6.45, 7) is 3.99. The number of nitrogens with zero attached hydrogens (tertiary/aromatic N) is 2. The van der Waals surface area contributed by atoms with Crippen LogP contribution in [0.5, 0.6) is 0 Å². The molecule has 2 atom stereocenters. The summed E-state index contributed by atoms with van der Waals surface area (Å²) in [5, 5.41) is 14.2. The maximum Gasteiger partial charge on any atom is 0.290 e. The Bertz CT molecular complexity index is 462. The fourth-order valence-electron chi connectivity index (χ4n) is 2.82. The van der Waals surface area contributed by atoms with E-state index in [1.54, 1.807) is 13.0 Å². The molecule has 1 aliphatic rings. The Labute approximate surface area is 113 Å². The maximum absolute atomic E-state index is 10.8. The first-order valence-corrected chi connectivity index (χ1v) is 6.97. The van der Waals surface area contributed by atoms with Gasteiger partial charge in [-0.25, -0.2) is 4.98 Å². The van der Waals surface area contributed by atoms with E-state index in [1.165, 1.54) is 31.9 Å². The normalized spacial score (nSPS) is 23.1. The van der Waals surface area contributed by atoms with E-state index in [9.17, 15) is 10.1 Å². The highest BCUT2D eigenvalue weighted by molar-refractivity contribution is 5.47. The molecule has 0 saturated heterocycles. The Morgan fingerprint density at radius 1 is 1.53 bits per heavy atom. The SMILES string of the molecule is CCC1CCCC(Nc2cc(C)c([N+](=O)[O-])cn2)C1.